The largest absolute Gasteiger partial charge is 0.388 e. The van der Waals surface area contributed by atoms with Crippen molar-refractivity contribution in [2.45, 2.75) is 37.8 Å². The van der Waals surface area contributed by atoms with Gasteiger partial charge in [0.1, 0.15) is 0 Å². The summed E-state index contributed by atoms with van der Waals surface area (Å²) in [7, 11) is -3.14. The Balaban J connectivity index is 2.07. The Morgan fingerprint density at radius 3 is 2.33 bits per heavy atom. The summed E-state index contributed by atoms with van der Waals surface area (Å²) >= 11 is 0. The third-order valence-corrected chi connectivity index (χ3v) is 5.75. The van der Waals surface area contributed by atoms with Crippen LogP contribution in [0.4, 0.5) is 0 Å². The SMILES string of the molecule is CC(C)C1(O)CN(Cc2ccc(S(C)(=O)=O)cc2)CC1C. The molecule has 0 aliphatic carbocycles. The number of nitrogens with zero attached hydrogens (tertiary/aromatic N) is 1. The van der Waals surface area contributed by atoms with Crippen LogP contribution >= 0.6 is 0 Å². The molecule has 1 aliphatic rings. The Morgan fingerprint density at radius 2 is 1.90 bits per heavy atom. The molecule has 1 heterocycles. The van der Waals surface area contributed by atoms with Crippen molar-refractivity contribution in [3.8, 4) is 0 Å². The highest BCUT2D eigenvalue weighted by molar-refractivity contribution is 7.90. The fourth-order valence-corrected chi connectivity index (χ4v) is 3.73. The first-order valence-electron chi connectivity index (χ1n) is 7.36. The molecule has 2 atom stereocenters. The second kappa shape index (κ2) is 5.71. The van der Waals surface area contributed by atoms with E-state index in [1.54, 1.807) is 12.1 Å². The molecule has 0 amide bonds. The molecule has 0 radical (unpaired) electrons. The summed E-state index contributed by atoms with van der Waals surface area (Å²) in [4.78, 5) is 2.58. The van der Waals surface area contributed by atoms with Gasteiger partial charge in [-0.1, -0.05) is 32.9 Å². The maximum atomic E-state index is 11.4. The van der Waals surface area contributed by atoms with Crippen molar-refractivity contribution in [2.24, 2.45) is 11.8 Å². The van der Waals surface area contributed by atoms with Gasteiger partial charge in [0.25, 0.3) is 0 Å². The fraction of sp³-hybridized carbons (Fsp3) is 0.625. The Hall–Kier alpha value is -0.910. The van der Waals surface area contributed by atoms with Crippen LogP contribution in [0.3, 0.4) is 0 Å². The maximum Gasteiger partial charge on any atom is 0.175 e. The zero-order valence-electron chi connectivity index (χ0n) is 13.2. The van der Waals surface area contributed by atoms with Crippen LogP contribution in [-0.4, -0.2) is 43.4 Å². The van der Waals surface area contributed by atoms with Crippen molar-refractivity contribution in [3.05, 3.63) is 29.8 Å². The minimum atomic E-state index is -3.14. The lowest BCUT2D eigenvalue weighted by molar-refractivity contribution is -0.0255. The van der Waals surface area contributed by atoms with E-state index in [4.69, 9.17) is 0 Å². The molecule has 1 fully saturated rings. The molecule has 0 aromatic heterocycles. The number of hydrogen-bond acceptors (Lipinski definition) is 4. The lowest BCUT2D eigenvalue weighted by Gasteiger charge is -2.31. The van der Waals surface area contributed by atoms with Gasteiger partial charge in [0, 0.05) is 25.9 Å². The normalized spacial score (nSPS) is 27.4. The summed E-state index contributed by atoms with van der Waals surface area (Å²) in [5.41, 5.74) is 0.440. The van der Waals surface area contributed by atoms with Crippen LogP contribution in [0.15, 0.2) is 29.2 Å². The third kappa shape index (κ3) is 3.47. The zero-order valence-corrected chi connectivity index (χ0v) is 14.0. The molecule has 5 heteroatoms. The van der Waals surface area contributed by atoms with Crippen LogP contribution in [0.5, 0.6) is 0 Å². The first-order chi connectivity index (χ1) is 9.63. The quantitative estimate of drug-likeness (QED) is 0.923. The highest BCUT2D eigenvalue weighted by Gasteiger charge is 2.44. The maximum absolute atomic E-state index is 11.4. The van der Waals surface area contributed by atoms with Crippen LogP contribution in [0.2, 0.25) is 0 Å². The van der Waals surface area contributed by atoms with Crippen molar-refractivity contribution in [2.75, 3.05) is 19.3 Å². The molecule has 0 saturated carbocycles. The van der Waals surface area contributed by atoms with Gasteiger partial charge in [-0.15, -0.1) is 0 Å². The summed E-state index contributed by atoms with van der Waals surface area (Å²) in [6.45, 7) is 8.47. The van der Waals surface area contributed by atoms with Crippen molar-refractivity contribution in [3.63, 3.8) is 0 Å². The molecule has 1 N–H and O–H groups in total. The van der Waals surface area contributed by atoms with Gasteiger partial charge in [0.2, 0.25) is 0 Å². The molecular formula is C16H25NO3S. The van der Waals surface area contributed by atoms with Crippen molar-refractivity contribution < 1.29 is 13.5 Å². The van der Waals surface area contributed by atoms with E-state index < -0.39 is 15.4 Å². The van der Waals surface area contributed by atoms with E-state index in [0.29, 0.717) is 11.4 Å². The van der Waals surface area contributed by atoms with Gasteiger partial charge >= 0.3 is 0 Å². The number of likely N-dealkylation sites (tertiary alicyclic amines) is 1. The number of rotatable bonds is 4. The number of sulfone groups is 1. The minimum absolute atomic E-state index is 0.227. The second-order valence-corrected chi connectivity index (χ2v) is 8.65. The monoisotopic (exact) mass is 311 g/mol. The van der Waals surface area contributed by atoms with E-state index in [9.17, 15) is 13.5 Å². The highest BCUT2D eigenvalue weighted by atomic mass is 32.2. The lowest BCUT2D eigenvalue weighted by Crippen LogP contribution is -2.42. The van der Waals surface area contributed by atoms with Gasteiger partial charge in [-0.05, 0) is 29.5 Å². The second-order valence-electron chi connectivity index (χ2n) is 6.63. The van der Waals surface area contributed by atoms with E-state index in [1.807, 2.05) is 12.1 Å². The smallest absolute Gasteiger partial charge is 0.175 e. The van der Waals surface area contributed by atoms with Gasteiger partial charge in [-0.3, -0.25) is 4.90 Å². The molecule has 4 nitrogen and oxygen atoms in total. The molecule has 0 bridgehead atoms. The van der Waals surface area contributed by atoms with E-state index in [-0.39, 0.29) is 11.8 Å². The Labute approximate surface area is 127 Å². The molecule has 1 aliphatic heterocycles. The summed E-state index contributed by atoms with van der Waals surface area (Å²) in [5, 5.41) is 10.7. The van der Waals surface area contributed by atoms with Gasteiger partial charge < -0.3 is 5.11 Å². The minimum Gasteiger partial charge on any atom is -0.388 e. The number of benzene rings is 1. The molecule has 118 valence electrons. The molecule has 0 spiro atoms. The topological polar surface area (TPSA) is 57.6 Å². The van der Waals surface area contributed by atoms with Crippen molar-refractivity contribution in [1.82, 2.24) is 4.90 Å². The number of aliphatic hydroxyl groups is 1. The summed E-state index contributed by atoms with van der Waals surface area (Å²) in [6, 6.07) is 7.01. The zero-order chi connectivity index (χ0) is 15.8. The molecule has 2 unspecified atom stereocenters. The van der Waals surface area contributed by atoms with Crippen LogP contribution < -0.4 is 0 Å². The molecule has 21 heavy (non-hydrogen) atoms. The van der Waals surface area contributed by atoms with Gasteiger partial charge in [0.05, 0.1) is 10.5 Å². The first kappa shape index (κ1) is 16.5. The highest BCUT2D eigenvalue weighted by Crippen LogP contribution is 2.34. The number of β-amino-alcohol motifs (C(OH)–C–C–N with tert-alkyl or cyclic N) is 1. The van der Waals surface area contributed by atoms with Crippen LogP contribution in [-0.2, 0) is 16.4 Å². The predicted octanol–water partition coefficient (Wildman–Crippen LogP) is 1.93. The molecular weight excluding hydrogens is 286 g/mol. The average Bonchev–Trinajstić information content (AvgIpc) is 2.65. The van der Waals surface area contributed by atoms with Crippen molar-refractivity contribution in [1.29, 1.82) is 0 Å². The summed E-state index contributed by atoms with van der Waals surface area (Å²) in [6.07, 6.45) is 1.22. The fourth-order valence-electron chi connectivity index (χ4n) is 3.10. The van der Waals surface area contributed by atoms with Crippen molar-refractivity contribution >= 4 is 9.84 Å². The lowest BCUT2D eigenvalue weighted by atomic mass is 9.82. The Morgan fingerprint density at radius 1 is 1.33 bits per heavy atom. The van der Waals surface area contributed by atoms with E-state index in [0.717, 1.165) is 18.7 Å². The molecule has 1 saturated heterocycles. The summed E-state index contributed by atoms with van der Waals surface area (Å²) < 4.78 is 22.9. The van der Waals surface area contributed by atoms with Gasteiger partial charge in [-0.25, -0.2) is 8.42 Å². The van der Waals surface area contributed by atoms with E-state index >= 15 is 0 Å². The van der Waals surface area contributed by atoms with Crippen LogP contribution in [0.1, 0.15) is 26.3 Å². The van der Waals surface area contributed by atoms with E-state index in [1.165, 1.54) is 6.26 Å². The molecule has 1 aromatic carbocycles. The number of hydrogen-bond donors (Lipinski definition) is 1. The van der Waals surface area contributed by atoms with Crippen LogP contribution in [0.25, 0.3) is 0 Å². The first-order valence-corrected chi connectivity index (χ1v) is 9.26. The van der Waals surface area contributed by atoms with Gasteiger partial charge in [0.15, 0.2) is 9.84 Å². The molecule has 1 aromatic rings. The standard InChI is InChI=1S/C16H25NO3S/c1-12(2)16(18)11-17(9-13(16)3)10-14-5-7-15(8-6-14)21(4,19)20/h5-8,12-13,18H,9-11H2,1-4H3. The Bertz CT molecular complexity index is 594. The predicted molar refractivity (Wildman–Crippen MR) is 83.8 cm³/mol. The summed E-state index contributed by atoms with van der Waals surface area (Å²) in [5.74, 6) is 0.470. The average molecular weight is 311 g/mol. The molecule has 2 rings (SSSR count). The van der Waals surface area contributed by atoms with Crippen LogP contribution in [0, 0.1) is 11.8 Å². The Kier molecular flexibility index (Phi) is 4.47. The third-order valence-electron chi connectivity index (χ3n) is 4.62. The van der Waals surface area contributed by atoms with E-state index in [2.05, 4.69) is 25.7 Å². The van der Waals surface area contributed by atoms with Gasteiger partial charge in [-0.2, -0.15) is 0 Å².